The number of aromatic nitrogens is 2. The fraction of sp³-hybridized carbons (Fsp3) is 0.0526. The Bertz CT molecular complexity index is 1060. The van der Waals surface area contributed by atoms with E-state index in [9.17, 15) is 0 Å². The van der Waals surface area contributed by atoms with Gasteiger partial charge < -0.3 is 0 Å². The monoisotopic (exact) mass is 338 g/mol. The number of halogens is 2. The summed E-state index contributed by atoms with van der Waals surface area (Å²) in [6.45, 7) is 1.90. The molecule has 0 N–H and O–H groups in total. The van der Waals surface area contributed by atoms with Crippen LogP contribution < -0.4 is 0 Å². The zero-order chi connectivity index (χ0) is 16.0. The molecule has 112 valence electrons. The lowest BCUT2D eigenvalue weighted by molar-refractivity contribution is 1.09. The third-order valence-corrected chi connectivity index (χ3v) is 4.68. The molecule has 0 aliphatic rings. The summed E-state index contributed by atoms with van der Waals surface area (Å²) in [5, 5.41) is 4.36. The highest BCUT2D eigenvalue weighted by Crippen LogP contribution is 2.36. The molecule has 3 aromatic carbocycles. The number of aryl methyl sites for hydroxylation is 1. The zero-order valence-electron chi connectivity index (χ0n) is 12.3. The summed E-state index contributed by atoms with van der Waals surface area (Å²) in [4.78, 5) is 8.93. The molecule has 0 spiro atoms. The lowest BCUT2D eigenvalue weighted by Crippen LogP contribution is -1.91. The predicted molar refractivity (Wildman–Crippen MR) is 97.2 cm³/mol. The number of benzene rings is 3. The molecule has 0 atom stereocenters. The van der Waals surface area contributed by atoms with Gasteiger partial charge >= 0.3 is 0 Å². The predicted octanol–water partition coefficient (Wildman–Crippen LogP) is 6.07. The molecule has 0 radical (unpaired) electrons. The van der Waals surface area contributed by atoms with Crippen LogP contribution in [0.2, 0.25) is 10.0 Å². The Hall–Kier alpha value is -2.16. The van der Waals surface area contributed by atoms with Crippen molar-refractivity contribution in [3.05, 3.63) is 70.6 Å². The maximum Gasteiger partial charge on any atom is 0.125 e. The van der Waals surface area contributed by atoms with E-state index in [0.717, 1.165) is 38.6 Å². The molecule has 0 saturated carbocycles. The van der Waals surface area contributed by atoms with Gasteiger partial charge in [0.25, 0.3) is 0 Å². The molecular formula is C19H12Cl2N2. The van der Waals surface area contributed by atoms with Crippen molar-refractivity contribution in [1.29, 1.82) is 0 Å². The molecule has 0 aliphatic carbocycles. The molecule has 1 aromatic heterocycles. The van der Waals surface area contributed by atoms with Crippen molar-refractivity contribution in [3.63, 3.8) is 0 Å². The molecule has 0 bridgehead atoms. The van der Waals surface area contributed by atoms with E-state index in [1.807, 2.05) is 43.5 Å². The molecule has 1 heterocycles. The summed E-state index contributed by atoms with van der Waals surface area (Å²) >= 11 is 12.2. The van der Waals surface area contributed by atoms with Crippen molar-refractivity contribution >= 4 is 44.9 Å². The quantitative estimate of drug-likeness (QED) is 0.394. The van der Waals surface area contributed by atoms with Crippen molar-refractivity contribution in [2.24, 2.45) is 0 Å². The van der Waals surface area contributed by atoms with E-state index in [2.05, 4.69) is 28.2 Å². The van der Waals surface area contributed by atoms with Gasteiger partial charge in [-0.2, -0.15) is 0 Å². The second-order valence-electron chi connectivity index (χ2n) is 5.45. The van der Waals surface area contributed by atoms with Gasteiger partial charge in [0.05, 0.1) is 15.6 Å². The lowest BCUT2D eigenvalue weighted by atomic mass is 9.96. The van der Waals surface area contributed by atoms with Gasteiger partial charge in [-0.3, -0.25) is 0 Å². The highest BCUT2D eigenvalue weighted by molar-refractivity contribution is 6.42. The van der Waals surface area contributed by atoms with Crippen LogP contribution in [0.4, 0.5) is 0 Å². The minimum absolute atomic E-state index is 0.550. The van der Waals surface area contributed by atoms with Crippen LogP contribution in [-0.2, 0) is 0 Å². The third kappa shape index (κ3) is 2.44. The molecule has 0 fully saturated rings. The van der Waals surface area contributed by atoms with Gasteiger partial charge in [0.15, 0.2) is 0 Å². The fourth-order valence-corrected chi connectivity index (χ4v) is 3.16. The highest BCUT2D eigenvalue weighted by Gasteiger charge is 2.11. The van der Waals surface area contributed by atoms with Crippen molar-refractivity contribution in [2.75, 3.05) is 0 Å². The summed E-state index contributed by atoms with van der Waals surface area (Å²) in [6.07, 6.45) is 1.87. The van der Waals surface area contributed by atoms with E-state index in [4.69, 9.17) is 23.2 Å². The average molecular weight is 339 g/mol. The number of hydrogen-bond donors (Lipinski definition) is 0. The van der Waals surface area contributed by atoms with Gasteiger partial charge in [-0.1, -0.05) is 53.5 Å². The van der Waals surface area contributed by atoms with E-state index in [-0.39, 0.29) is 0 Å². The number of rotatable bonds is 1. The van der Waals surface area contributed by atoms with Crippen LogP contribution in [0.3, 0.4) is 0 Å². The Morgan fingerprint density at radius 2 is 1.65 bits per heavy atom. The van der Waals surface area contributed by atoms with E-state index in [0.29, 0.717) is 10.0 Å². The SMILES string of the molecule is Cc1ncc2cc(-c3ccc(Cl)c(Cl)c3)c3ccccc3c2n1. The second-order valence-corrected chi connectivity index (χ2v) is 6.27. The molecule has 0 amide bonds. The summed E-state index contributed by atoms with van der Waals surface area (Å²) < 4.78 is 0. The molecule has 0 saturated heterocycles. The minimum atomic E-state index is 0.550. The van der Waals surface area contributed by atoms with Crippen LogP contribution in [-0.4, -0.2) is 9.97 Å². The molecule has 0 aliphatic heterocycles. The molecule has 2 nitrogen and oxygen atoms in total. The number of nitrogens with zero attached hydrogens (tertiary/aromatic N) is 2. The largest absolute Gasteiger partial charge is 0.241 e. The van der Waals surface area contributed by atoms with Crippen LogP contribution in [0.1, 0.15) is 5.82 Å². The first-order chi connectivity index (χ1) is 11.1. The van der Waals surface area contributed by atoms with Crippen LogP contribution >= 0.6 is 23.2 Å². The first kappa shape index (κ1) is 14.4. The first-order valence-electron chi connectivity index (χ1n) is 7.24. The molecule has 23 heavy (non-hydrogen) atoms. The van der Waals surface area contributed by atoms with Crippen LogP contribution in [0.25, 0.3) is 32.8 Å². The molecular weight excluding hydrogens is 327 g/mol. The summed E-state index contributed by atoms with van der Waals surface area (Å²) in [7, 11) is 0. The Balaban J connectivity index is 2.12. The van der Waals surface area contributed by atoms with Gasteiger partial charge in [0, 0.05) is 17.0 Å². The smallest absolute Gasteiger partial charge is 0.125 e. The van der Waals surface area contributed by atoms with Crippen molar-refractivity contribution in [3.8, 4) is 11.1 Å². The maximum atomic E-state index is 6.20. The van der Waals surface area contributed by atoms with Gasteiger partial charge in [-0.15, -0.1) is 0 Å². The number of fused-ring (bicyclic) bond motifs is 3. The average Bonchev–Trinajstić information content (AvgIpc) is 2.57. The second kappa shape index (κ2) is 5.48. The number of hydrogen-bond acceptors (Lipinski definition) is 2. The third-order valence-electron chi connectivity index (χ3n) is 3.94. The van der Waals surface area contributed by atoms with Gasteiger partial charge in [0.1, 0.15) is 5.82 Å². The molecule has 4 rings (SSSR count). The molecule has 4 aromatic rings. The minimum Gasteiger partial charge on any atom is -0.241 e. The maximum absolute atomic E-state index is 6.20. The molecule has 4 heteroatoms. The Morgan fingerprint density at radius 1 is 0.870 bits per heavy atom. The topological polar surface area (TPSA) is 25.8 Å². The van der Waals surface area contributed by atoms with Crippen LogP contribution in [0, 0.1) is 6.92 Å². The van der Waals surface area contributed by atoms with Crippen LogP contribution in [0.5, 0.6) is 0 Å². The first-order valence-corrected chi connectivity index (χ1v) is 7.99. The van der Waals surface area contributed by atoms with Crippen LogP contribution in [0.15, 0.2) is 54.7 Å². The van der Waals surface area contributed by atoms with Crippen molar-refractivity contribution < 1.29 is 0 Å². The Labute approximate surface area is 143 Å². The zero-order valence-corrected chi connectivity index (χ0v) is 13.9. The fourth-order valence-electron chi connectivity index (χ4n) is 2.86. The van der Waals surface area contributed by atoms with Crippen molar-refractivity contribution in [2.45, 2.75) is 6.92 Å². The van der Waals surface area contributed by atoms with Gasteiger partial charge in [-0.05, 0) is 41.6 Å². The Kier molecular flexibility index (Phi) is 3.44. The summed E-state index contributed by atoms with van der Waals surface area (Å²) in [5.41, 5.74) is 3.09. The van der Waals surface area contributed by atoms with E-state index >= 15 is 0 Å². The normalized spacial score (nSPS) is 11.3. The van der Waals surface area contributed by atoms with E-state index in [1.165, 1.54) is 0 Å². The van der Waals surface area contributed by atoms with E-state index < -0.39 is 0 Å². The highest BCUT2D eigenvalue weighted by atomic mass is 35.5. The standard InChI is InChI=1S/C19H12Cl2N2/c1-11-22-10-13-8-16(12-6-7-17(20)18(21)9-12)14-4-2-3-5-15(14)19(13)23-11/h2-10H,1H3. The summed E-state index contributed by atoms with van der Waals surface area (Å²) in [5.74, 6) is 0.768. The Morgan fingerprint density at radius 3 is 2.43 bits per heavy atom. The molecule has 0 unspecified atom stereocenters. The van der Waals surface area contributed by atoms with Gasteiger partial charge in [0.2, 0.25) is 0 Å². The summed E-state index contributed by atoms with van der Waals surface area (Å²) in [6, 6.07) is 16.1. The van der Waals surface area contributed by atoms with Crippen molar-refractivity contribution in [1.82, 2.24) is 9.97 Å². The van der Waals surface area contributed by atoms with E-state index in [1.54, 1.807) is 0 Å². The lowest BCUT2D eigenvalue weighted by Gasteiger charge is -2.11. The van der Waals surface area contributed by atoms with Gasteiger partial charge in [-0.25, -0.2) is 9.97 Å².